The molecule has 1 N–H and O–H groups in total. The van der Waals surface area contributed by atoms with Gasteiger partial charge in [0.15, 0.2) is 0 Å². The maximum atomic E-state index is 12.4. The number of benzene rings is 1. The van der Waals surface area contributed by atoms with Crippen LogP contribution in [0.2, 0.25) is 0 Å². The summed E-state index contributed by atoms with van der Waals surface area (Å²) < 4.78 is 0. The van der Waals surface area contributed by atoms with E-state index >= 15 is 0 Å². The molecule has 2 aliphatic rings. The van der Waals surface area contributed by atoms with E-state index in [9.17, 15) is 9.59 Å². The smallest absolute Gasteiger partial charge is 0.318 e. The highest BCUT2D eigenvalue weighted by atomic mass is 16.2. The lowest BCUT2D eigenvalue weighted by atomic mass is 10.1. The molecule has 0 spiro atoms. The third kappa shape index (κ3) is 4.72. The Balaban J connectivity index is 1.49. The van der Waals surface area contributed by atoms with Crippen molar-refractivity contribution >= 4 is 11.9 Å². The van der Waals surface area contributed by atoms with E-state index in [0.29, 0.717) is 25.7 Å². The average molecular weight is 344 g/mol. The Kier molecular flexibility index (Phi) is 5.58. The minimum Gasteiger partial charge on any atom is -0.336 e. The molecule has 136 valence electrons. The van der Waals surface area contributed by atoms with E-state index in [2.05, 4.69) is 36.3 Å². The van der Waals surface area contributed by atoms with Gasteiger partial charge in [-0.15, -0.1) is 0 Å². The summed E-state index contributed by atoms with van der Waals surface area (Å²) in [6, 6.07) is 8.56. The van der Waals surface area contributed by atoms with E-state index in [0.717, 1.165) is 31.5 Å². The number of carbonyl (C=O) groups excluding carboxylic acids is 2. The van der Waals surface area contributed by atoms with Crippen molar-refractivity contribution in [2.75, 3.05) is 33.2 Å². The Morgan fingerprint density at radius 1 is 1.28 bits per heavy atom. The summed E-state index contributed by atoms with van der Waals surface area (Å²) in [7, 11) is 2.09. The Bertz CT molecular complexity index is 630. The highest BCUT2D eigenvalue weighted by molar-refractivity contribution is 5.85. The first kappa shape index (κ1) is 17.7. The van der Waals surface area contributed by atoms with Gasteiger partial charge in [0.1, 0.15) is 6.54 Å². The largest absolute Gasteiger partial charge is 0.336 e. The molecular weight excluding hydrogens is 316 g/mol. The lowest BCUT2D eigenvalue weighted by Crippen LogP contribution is -2.55. The van der Waals surface area contributed by atoms with Crippen molar-refractivity contribution in [3.63, 3.8) is 0 Å². The van der Waals surface area contributed by atoms with Crippen LogP contribution in [0.1, 0.15) is 30.9 Å². The minimum atomic E-state index is -0.153. The maximum absolute atomic E-state index is 12.4. The monoisotopic (exact) mass is 344 g/mol. The van der Waals surface area contributed by atoms with Crippen molar-refractivity contribution in [3.8, 4) is 0 Å². The van der Waals surface area contributed by atoms with E-state index in [1.807, 2.05) is 17.0 Å². The van der Waals surface area contributed by atoms with Crippen LogP contribution in [0.5, 0.6) is 0 Å². The molecule has 2 fully saturated rings. The van der Waals surface area contributed by atoms with Crippen molar-refractivity contribution in [2.24, 2.45) is 0 Å². The van der Waals surface area contributed by atoms with Crippen LogP contribution in [0.15, 0.2) is 24.3 Å². The summed E-state index contributed by atoms with van der Waals surface area (Å²) in [6.45, 7) is 6.00. The number of hydrogen-bond donors (Lipinski definition) is 1. The number of nitrogens with one attached hydrogen (secondary N) is 1. The van der Waals surface area contributed by atoms with E-state index in [-0.39, 0.29) is 18.5 Å². The lowest BCUT2D eigenvalue weighted by Gasteiger charge is -2.34. The number of rotatable bonds is 6. The van der Waals surface area contributed by atoms with Gasteiger partial charge in [0, 0.05) is 32.2 Å². The van der Waals surface area contributed by atoms with Crippen LogP contribution < -0.4 is 5.32 Å². The molecule has 1 aromatic rings. The summed E-state index contributed by atoms with van der Waals surface area (Å²) in [5.74, 6) is 0.0773. The Morgan fingerprint density at radius 2 is 2.04 bits per heavy atom. The molecule has 3 rings (SSSR count). The number of carbonyl (C=O) groups is 2. The third-order valence-electron chi connectivity index (χ3n) is 4.96. The van der Waals surface area contributed by atoms with Gasteiger partial charge in [-0.3, -0.25) is 4.79 Å². The van der Waals surface area contributed by atoms with E-state index in [1.165, 1.54) is 5.56 Å². The molecule has 0 radical (unpaired) electrons. The zero-order chi connectivity index (χ0) is 17.8. The first-order valence-electron chi connectivity index (χ1n) is 9.15. The van der Waals surface area contributed by atoms with Crippen LogP contribution in [-0.2, 0) is 17.9 Å². The quantitative estimate of drug-likeness (QED) is 0.854. The molecule has 1 heterocycles. The SMILES string of the molecule is CCN(C)Cc1cccc(CNC(=O)N2CCN(C3CC3)C(=O)C2)c1. The van der Waals surface area contributed by atoms with E-state index < -0.39 is 0 Å². The average Bonchev–Trinajstić information content (AvgIpc) is 3.44. The normalized spacial score (nSPS) is 18.0. The van der Waals surface area contributed by atoms with Crippen LogP contribution >= 0.6 is 0 Å². The summed E-state index contributed by atoms with van der Waals surface area (Å²) in [4.78, 5) is 30.3. The second-order valence-corrected chi connectivity index (χ2v) is 7.05. The fourth-order valence-electron chi connectivity index (χ4n) is 3.18. The molecule has 6 heteroatoms. The summed E-state index contributed by atoms with van der Waals surface area (Å²) in [6.07, 6.45) is 2.23. The van der Waals surface area contributed by atoms with Gasteiger partial charge in [-0.05, 0) is 37.6 Å². The van der Waals surface area contributed by atoms with Crippen LogP contribution in [0.4, 0.5) is 4.79 Å². The minimum absolute atomic E-state index is 0.0773. The van der Waals surface area contributed by atoms with Gasteiger partial charge < -0.3 is 20.0 Å². The van der Waals surface area contributed by atoms with Gasteiger partial charge in [-0.1, -0.05) is 31.2 Å². The molecule has 1 saturated carbocycles. The van der Waals surface area contributed by atoms with Crippen molar-refractivity contribution in [1.82, 2.24) is 20.0 Å². The molecule has 0 atom stereocenters. The summed E-state index contributed by atoms with van der Waals surface area (Å²) >= 11 is 0. The van der Waals surface area contributed by atoms with Crippen molar-refractivity contribution in [2.45, 2.75) is 38.9 Å². The molecule has 1 aromatic carbocycles. The number of nitrogens with zero attached hydrogens (tertiary/aromatic N) is 3. The molecule has 0 bridgehead atoms. The van der Waals surface area contributed by atoms with Crippen LogP contribution in [0, 0.1) is 0 Å². The van der Waals surface area contributed by atoms with Crippen LogP contribution in [-0.4, -0.2) is 65.9 Å². The Hall–Kier alpha value is -2.08. The molecular formula is C19H28N4O2. The highest BCUT2D eigenvalue weighted by Crippen LogP contribution is 2.28. The van der Waals surface area contributed by atoms with Gasteiger partial charge >= 0.3 is 6.03 Å². The maximum Gasteiger partial charge on any atom is 0.318 e. The van der Waals surface area contributed by atoms with E-state index in [4.69, 9.17) is 0 Å². The second-order valence-electron chi connectivity index (χ2n) is 7.05. The fourth-order valence-corrected chi connectivity index (χ4v) is 3.18. The first-order chi connectivity index (χ1) is 12.1. The van der Waals surface area contributed by atoms with Crippen molar-refractivity contribution < 1.29 is 9.59 Å². The summed E-state index contributed by atoms with van der Waals surface area (Å²) in [5, 5.41) is 2.95. The number of hydrogen-bond acceptors (Lipinski definition) is 3. The second kappa shape index (κ2) is 7.87. The number of urea groups is 1. The van der Waals surface area contributed by atoms with Crippen LogP contribution in [0.3, 0.4) is 0 Å². The van der Waals surface area contributed by atoms with Gasteiger partial charge in [0.25, 0.3) is 0 Å². The van der Waals surface area contributed by atoms with Gasteiger partial charge in [0.2, 0.25) is 5.91 Å². The molecule has 3 amide bonds. The summed E-state index contributed by atoms with van der Waals surface area (Å²) in [5.41, 5.74) is 2.32. The van der Waals surface area contributed by atoms with Gasteiger partial charge in [-0.25, -0.2) is 4.79 Å². The van der Waals surface area contributed by atoms with E-state index in [1.54, 1.807) is 4.90 Å². The standard InChI is InChI=1S/C19H28N4O2/c1-3-21(2)13-16-6-4-5-15(11-16)12-20-19(25)22-9-10-23(17-7-8-17)18(24)14-22/h4-6,11,17H,3,7-10,12-14H2,1-2H3,(H,20,25). The highest BCUT2D eigenvalue weighted by Gasteiger charge is 2.36. The fraction of sp³-hybridized carbons (Fsp3) is 0.579. The molecule has 0 aromatic heterocycles. The Labute approximate surface area is 149 Å². The molecule has 0 unspecified atom stereocenters. The zero-order valence-corrected chi connectivity index (χ0v) is 15.2. The third-order valence-corrected chi connectivity index (χ3v) is 4.96. The zero-order valence-electron chi connectivity index (χ0n) is 15.2. The molecule has 1 saturated heterocycles. The molecule has 25 heavy (non-hydrogen) atoms. The Morgan fingerprint density at radius 3 is 2.72 bits per heavy atom. The number of amides is 3. The topological polar surface area (TPSA) is 55.9 Å². The van der Waals surface area contributed by atoms with Crippen molar-refractivity contribution in [3.05, 3.63) is 35.4 Å². The first-order valence-corrected chi connectivity index (χ1v) is 9.15. The predicted octanol–water partition coefficient (Wildman–Crippen LogP) is 1.65. The number of piperazine rings is 1. The lowest BCUT2D eigenvalue weighted by molar-refractivity contribution is -0.135. The van der Waals surface area contributed by atoms with Crippen molar-refractivity contribution in [1.29, 1.82) is 0 Å². The molecule has 1 aliphatic heterocycles. The molecule has 1 aliphatic carbocycles. The van der Waals surface area contributed by atoms with Crippen LogP contribution in [0.25, 0.3) is 0 Å². The molecule has 6 nitrogen and oxygen atoms in total. The predicted molar refractivity (Wildman–Crippen MR) is 97.0 cm³/mol. The van der Waals surface area contributed by atoms with Gasteiger partial charge in [-0.2, -0.15) is 0 Å². The van der Waals surface area contributed by atoms with Gasteiger partial charge in [0.05, 0.1) is 0 Å².